The van der Waals surface area contributed by atoms with Gasteiger partial charge in [0.15, 0.2) is 0 Å². The van der Waals surface area contributed by atoms with E-state index in [-0.39, 0.29) is 12.2 Å². The van der Waals surface area contributed by atoms with E-state index in [0.717, 1.165) is 12.5 Å². The van der Waals surface area contributed by atoms with E-state index in [9.17, 15) is 0 Å². The minimum Gasteiger partial charge on any atom is -0.391 e. The fraction of sp³-hybridized carbons (Fsp3) is 0.818. The molecule has 1 radical (unpaired) electrons. The Morgan fingerprint density at radius 1 is 1.14 bits per heavy atom. The summed E-state index contributed by atoms with van der Waals surface area (Å²) in [6.45, 7) is 14.1. The standard InChI is InChI=1S/C11H23O2Si/c1-9(2)7-8-14(12-10(3)4)13-11(5)6/h10-11H,1,7-8H2,2-6H3. The van der Waals surface area contributed by atoms with Gasteiger partial charge in [0, 0.05) is 12.2 Å². The van der Waals surface area contributed by atoms with Crippen molar-refractivity contribution in [2.45, 2.75) is 59.3 Å². The van der Waals surface area contributed by atoms with Gasteiger partial charge in [0.05, 0.1) is 0 Å². The molecule has 0 spiro atoms. The van der Waals surface area contributed by atoms with Gasteiger partial charge in [-0.25, -0.2) is 0 Å². The van der Waals surface area contributed by atoms with Gasteiger partial charge in [-0.3, -0.25) is 0 Å². The van der Waals surface area contributed by atoms with E-state index in [1.807, 2.05) is 6.92 Å². The van der Waals surface area contributed by atoms with E-state index in [0.29, 0.717) is 0 Å². The zero-order valence-corrected chi connectivity index (χ0v) is 11.1. The van der Waals surface area contributed by atoms with Gasteiger partial charge in [-0.1, -0.05) is 5.57 Å². The lowest BCUT2D eigenvalue weighted by molar-refractivity contribution is 0.130. The quantitative estimate of drug-likeness (QED) is 0.479. The topological polar surface area (TPSA) is 18.5 Å². The molecule has 0 aromatic heterocycles. The van der Waals surface area contributed by atoms with E-state index >= 15 is 0 Å². The molecule has 0 aliphatic rings. The van der Waals surface area contributed by atoms with Crippen molar-refractivity contribution in [3.05, 3.63) is 12.2 Å². The molecule has 0 aliphatic heterocycles. The molecule has 0 N–H and O–H groups in total. The molecule has 3 heteroatoms. The average Bonchev–Trinajstić information content (AvgIpc) is 1.97. The molecule has 0 amide bonds. The molecular weight excluding hydrogens is 192 g/mol. The molecule has 0 fully saturated rings. The Kier molecular flexibility index (Phi) is 7.14. The van der Waals surface area contributed by atoms with Crippen molar-refractivity contribution in [2.75, 3.05) is 0 Å². The third kappa shape index (κ3) is 8.47. The fourth-order valence-corrected chi connectivity index (χ4v) is 2.96. The normalized spacial score (nSPS) is 11.7. The third-order valence-electron chi connectivity index (χ3n) is 1.49. The highest BCUT2D eigenvalue weighted by Gasteiger charge is 2.18. The highest BCUT2D eigenvalue weighted by Crippen LogP contribution is 2.10. The molecule has 0 saturated heterocycles. The summed E-state index contributed by atoms with van der Waals surface area (Å²) in [7, 11) is -1.10. The summed E-state index contributed by atoms with van der Waals surface area (Å²) in [5, 5.41) is 0. The number of hydrogen-bond acceptors (Lipinski definition) is 2. The smallest absolute Gasteiger partial charge is 0.385 e. The van der Waals surface area contributed by atoms with E-state index in [2.05, 4.69) is 34.3 Å². The maximum Gasteiger partial charge on any atom is 0.385 e. The second-order valence-corrected chi connectivity index (χ2v) is 5.88. The summed E-state index contributed by atoms with van der Waals surface area (Å²) in [6.07, 6.45) is 1.52. The molecule has 0 bridgehead atoms. The van der Waals surface area contributed by atoms with Crippen molar-refractivity contribution < 1.29 is 8.85 Å². The summed E-state index contributed by atoms with van der Waals surface area (Å²) >= 11 is 0. The maximum absolute atomic E-state index is 5.75. The molecule has 0 aliphatic carbocycles. The first-order valence-electron chi connectivity index (χ1n) is 5.25. The lowest BCUT2D eigenvalue weighted by Crippen LogP contribution is -2.29. The van der Waals surface area contributed by atoms with Crippen molar-refractivity contribution in [1.82, 2.24) is 0 Å². The van der Waals surface area contributed by atoms with Crippen LogP contribution < -0.4 is 0 Å². The summed E-state index contributed by atoms with van der Waals surface area (Å²) in [6, 6.07) is 0.996. The summed E-state index contributed by atoms with van der Waals surface area (Å²) in [5.74, 6) is 0. The van der Waals surface area contributed by atoms with E-state index in [1.54, 1.807) is 0 Å². The van der Waals surface area contributed by atoms with Crippen molar-refractivity contribution in [3.8, 4) is 0 Å². The van der Waals surface area contributed by atoms with Crippen LogP contribution >= 0.6 is 0 Å². The van der Waals surface area contributed by atoms with Gasteiger partial charge >= 0.3 is 9.28 Å². The van der Waals surface area contributed by atoms with E-state index in [1.165, 1.54) is 5.57 Å². The molecule has 0 rings (SSSR count). The molecule has 0 saturated carbocycles. The molecule has 14 heavy (non-hydrogen) atoms. The highest BCUT2D eigenvalue weighted by molar-refractivity contribution is 6.44. The molecule has 0 unspecified atom stereocenters. The summed E-state index contributed by atoms with van der Waals surface area (Å²) in [4.78, 5) is 0. The predicted octanol–water partition coefficient (Wildman–Crippen LogP) is 3.29. The van der Waals surface area contributed by atoms with Crippen molar-refractivity contribution in [2.24, 2.45) is 0 Å². The summed E-state index contributed by atoms with van der Waals surface area (Å²) in [5.41, 5.74) is 1.20. The zero-order chi connectivity index (χ0) is 11.1. The lowest BCUT2D eigenvalue weighted by atomic mass is 10.3. The number of hydrogen-bond donors (Lipinski definition) is 0. The maximum atomic E-state index is 5.75. The number of allylic oxidation sites excluding steroid dienone is 1. The Morgan fingerprint density at radius 3 is 1.86 bits per heavy atom. The van der Waals surface area contributed by atoms with Gasteiger partial charge in [0.1, 0.15) is 0 Å². The van der Waals surface area contributed by atoms with Gasteiger partial charge < -0.3 is 8.85 Å². The number of rotatable bonds is 7. The first kappa shape index (κ1) is 13.9. The fourth-order valence-electron chi connectivity index (χ4n) is 0.987. The van der Waals surface area contributed by atoms with Crippen molar-refractivity contribution in [3.63, 3.8) is 0 Å². The van der Waals surface area contributed by atoms with Gasteiger partial charge in [0.2, 0.25) is 0 Å². The third-order valence-corrected chi connectivity index (χ3v) is 3.62. The predicted molar refractivity (Wildman–Crippen MR) is 62.4 cm³/mol. The van der Waals surface area contributed by atoms with Crippen molar-refractivity contribution >= 4 is 9.28 Å². The zero-order valence-electron chi connectivity index (χ0n) is 10.1. The molecule has 83 valence electrons. The monoisotopic (exact) mass is 215 g/mol. The molecular formula is C11H23O2Si. The minimum atomic E-state index is -1.10. The van der Waals surface area contributed by atoms with Crippen LogP contribution in [0.1, 0.15) is 41.0 Å². The second kappa shape index (κ2) is 7.21. The Labute approximate surface area is 90.2 Å². The SMILES string of the molecule is C=C(C)CC[Si](OC(C)C)OC(C)C. The van der Waals surface area contributed by atoms with Gasteiger partial charge in [-0.2, -0.15) is 0 Å². The van der Waals surface area contributed by atoms with E-state index in [4.69, 9.17) is 8.85 Å². The molecule has 0 heterocycles. The van der Waals surface area contributed by atoms with Crippen LogP contribution in [0.2, 0.25) is 6.04 Å². The Morgan fingerprint density at radius 2 is 1.57 bits per heavy atom. The van der Waals surface area contributed by atoms with Crippen LogP contribution in [0, 0.1) is 0 Å². The van der Waals surface area contributed by atoms with Crippen LogP contribution in [-0.2, 0) is 8.85 Å². The summed E-state index contributed by atoms with van der Waals surface area (Å²) < 4.78 is 11.5. The molecule has 2 nitrogen and oxygen atoms in total. The Hall–Kier alpha value is -0.123. The first-order chi connectivity index (χ1) is 6.41. The average molecular weight is 215 g/mol. The Bertz CT molecular complexity index is 157. The minimum absolute atomic E-state index is 0.257. The second-order valence-electron chi connectivity index (χ2n) is 4.16. The molecule has 0 atom stereocenters. The lowest BCUT2D eigenvalue weighted by Gasteiger charge is -2.20. The van der Waals surface area contributed by atoms with Gasteiger partial charge in [-0.15, -0.1) is 6.58 Å². The van der Waals surface area contributed by atoms with E-state index < -0.39 is 9.28 Å². The Balaban J connectivity index is 3.90. The van der Waals surface area contributed by atoms with Crippen LogP contribution in [0.15, 0.2) is 12.2 Å². The molecule has 0 aromatic rings. The van der Waals surface area contributed by atoms with Crippen LogP contribution in [0.5, 0.6) is 0 Å². The van der Waals surface area contributed by atoms with Gasteiger partial charge in [0.25, 0.3) is 0 Å². The van der Waals surface area contributed by atoms with Gasteiger partial charge in [-0.05, 0) is 47.1 Å². The van der Waals surface area contributed by atoms with Crippen LogP contribution in [0.4, 0.5) is 0 Å². The largest absolute Gasteiger partial charge is 0.391 e. The molecule has 0 aromatic carbocycles. The van der Waals surface area contributed by atoms with Crippen LogP contribution in [-0.4, -0.2) is 21.5 Å². The van der Waals surface area contributed by atoms with Crippen molar-refractivity contribution in [1.29, 1.82) is 0 Å². The van der Waals surface area contributed by atoms with Crippen LogP contribution in [0.25, 0.3) is 0 Å². The van der Waals surface area contributed by atoms with Crippen LogP contribution in [0.3, 0.4) is 0 Å². The first-order valence-corrected chi connectivity index (χ1v) is 6.77. The highest BCUT2D eigenvalue weighted by atomic mass is 28.3.